The predicted molar refractivity (Wildman–Crippen MR) is 91.2 cm³/mol. The van der Waals surface area contributed by atoms with Crippen LogP contribution in [0.25, 0.3) is 10.2 Å². The highest BCUT2D eigenvalue weighted by molar-refractivity contribution is 7.18. The number of fused-ring (bicyclic) bond motifs is 1. The van der Waals surface area contributed by atoms with Crippen LogP contribution in [0.3, 0.4) is 0 Å². The van der Waals surface area contributed by atoms with Crippen molar-refractivity contribution in [2.75, 3.05) is 13.7 Å². The quantitative estimate of drug-likeness (QED) is 0.601. The molecule has 2 rings (SSSR count). The zero-order chi connectivity index (χ0) is 16.8. The molecule has 0 radical (unpaired) electrons. The molecule has 122 valence electrons. The van der Waals surface area contributed by atoms with Gasteiger partial charge in [-0.15, -0.1) is 11.3 Å². The van der Waals surface area contributed by atoms with Crippen molar-refractivity contribution in [3.05, 3.63) is 41.4 Å². The third kappa shape index (κ3) is 4.39. The molecular formula is C17H20N2O3S. The lowest BCUT2D eigenvalue weighted by Crippen LogP contribution is -2.33. The summed E-state index contributed by atoms with van der Waals surface area (Å²) in [6.07, 6.45) is 3.78. The summed E-state index contributed by atoms with van der Waals surface area (Å²) in [5, 5.41) is 0.860. The van der Waals surface area contributed by atoms with Gasteiger partial charge in [0, 0.05) is 13.1 Å². The molecular weight excluding hydrogens is 312 g/mol. The average molecular weight is 332 g/mol. The van der Waals surface area contributed by atoms with E-state index in [1.165, 1.54) is 6.08 Å². The second-order valence-corrected chi connectivity index (χ2v) is 6.18. The Morgan fingerprint density at radius 3 is 2.83 bits per heavy atom. The number of amides is 1. The summed E-state index contributed by atoms with van der Waals surface area (Å²) < 4.78 is 6.03. The lowest BCUT2D eigenvalue weighted by atomic mass is 10.3. The molecule has 0 fully saturated rings. The highest BCUT2D eigenvalue weighted by Gasteiger charge is 2.21. The third-order valence-electron chi connectivity index (χ3n) is 3.47. The van der Waals surface area contributed by atoms with Gasteiger partial charge in [-0.25, -0.2) is 9.78 Å². The summed E-state index contributed by atoms with van der Waals surface area (Å²) in [7, 11) is 1.69. The average Bonchev–Trinajstić information content (AvgIpc) is 3.00. The number of carbonyl (C=O) groups excluding carboxylic acids is 2. The zero-order valence-corrected chi connectivity index (χ0v) is 14.3. The van der Waals surface area contributed by atoms with Crippen molar-refractivity contribution >= 4 is 33.4 Å². The molecule has 5 nitrogen and oxygen atoms in total. The number of aromatic nitrogens is 1. The van der Waals surface area contributed by atoms with E-state index in [0.29, 0.717) is 0 Å². The van der Waals surface area contributed by atoms with Crippen LogP contribution >= 0.6 is 11.3 Å². The molecule has 1 aromatic heterocycles. The number of likely N-dealkylation sites (N-methyl/N-ethyl adjacent to an activating group) is 1. The van der Waals surface area contributed by atoms with E-state index in [0.717, 1.165) is 21.6 Å². The SMILES string of the molecule is CC/C=C/C(=O)OCC(=O)N(C)[C@H](C)c1nc2ccccc2s1. The van der Waals surface area contributed by atoms with E-state index < -0.39 is 5.97 Å². The Bertz CT molecular complexity index is 690. The number of nitrogens with zero attached hydrogens (tertiary/aromatic N) is 2. The zero-order valence-electron chi connectivity index (χ0n) is 13.5. The van der Waals surface area contributed by atoms with Crippen LogP contribution in [-0.2, 0) is 14.3 Å². The smallest absolute Gasteiger partial charge is 0.330 e. The second-order valence-electron chi connectivity index (χ2n) is 5.12. The Morgan fingerprint density at radius 1 is 1.39 bits per heavy atom. The standard InChI is InChI=1S/C17H20N2O3S/c1-4-5-10-16(21)22-11-15(20)19(3)12(2)17-18-13-8-6-7-9-14(13)23-17/h5-10,12H,4,11H2,1-3H3/b10-5+/t12-/m1/s1. The van der Waals surface area contributed by atoms with Gasteiger partial charge in [-0.1, -0.05) is 25.1 Å². The van der Waals surface area contributed by atoms with Gasteiger partial charge in [0.25, 0.3) is 5.91 Å². The van der Waals surface area contributed by atoms with Crippen LogP contribution in [0.5, 0.6) is 0 Å². The molecule has 6 heteroatoms. The number of benzene rings is 1. The van der Waals surface area contributed by atoms with E-state index in [9.17, 15) is 9.59 Å². The van der Waals surface area contributed by atoms with Crippen molar-refractivity contribution in [1.29, 1.82) is 0 Å². The van der Waals surface area contributed by atoms with Crippen molar-refractivity contribution in [3.8, 4) is 0 Å². The maximum Gasteiger partial charge on any atom is 0.330 e. The van der Waals surface area contributed by atoms with Gasteiger partial charge in [0.1, 0.15) is 5.01 Å². The minimum atomic E-state index is -0.499. The number of carbonyl (C=O) groups is 2. The molecule has 0 aliphatic carbocycles. The highest BCUT2D eigenvalue weighted by atomic mass is 32.1. The molecule has 1 aromatic carbocycles. The van der Waals surface area contributed by atoms with Crippen LogP contribution in [0.2, 0.25) is 0 Å². The van der Waals surface area contributed by atoms with Crippen LogP contribution in [0.15, 0.2) is 36.4 Å². The number of thiazole rings is 1. The molecule has 2 aromatic rings. The van der Waals surface area contributed by atoms with Crippen LogP contribution in [0, 0.1) is 0 Å². The fourth-order valence-corrected chi connectivity index (χ4v) is 3.01. The minimum absolute atomic E-state index is 0.176. The molecule has 0 N–H and O–H groups in total. The first-order valence-corrected chi connectivity index (χ1v) is 8.29. The van der Waals surface area contributed by atoms with Gasteiger partial charge in [-0.05, 0) is 25.5 Å². The Balaban J connectivity index is 1.98. The first-order valence-electron chi connectivity index (χ1n) is 7.47. The van der Waals surface area contributed by atoms with Crippen LogP contribution in [-0.4, -0.2) is 35.4 Å². The molecule has 0 aliphatic rings. The van der Waals surface area contributed by atoms with E-state index in [1.54, 1.807) is 29.4 Å². The van der Waals surface area contributed by atoms with E-state index in [1.807, 2.05) is 38.1 Å². The number of hydrogen-bond donors (Lipinski definition) is 0. The van der Waals surface area contributed by atoms with Crippen molar-refractivity contribution < 1.29 is 14.3 Å². The van der Waals surface area contributed by atoms with Gasteiger partial charge < -0.3 is 9.64 Å². The predicted octanol–water partition coefficient (Wildman–Crippen LogP) is 3.33. The number of rotatable bonds is 6. The van der Waals surface area contributed by atoms with E-state index in [2.05, 4.69) is 4.98 Å². The van der Waals surface area contributed by atoms with Gasteiger partial charge in [0.15, 0.2) is 6.61 Å². The van der Waals surface area contributed by atoms with Crippen molar-refractivity contribution in [2.24, 2.45) is 0 Å². The summed E-state index contributed by atoms with van der Waals surface area (Å²) in [5.74, 6) is -0.753. The van der Waals surface area contributed by atoms with E-state index in [-0.39, 0.29) is 18.6 Å². The molecule has 1 amide bonds. The molecule has 1 atom stereocenters. The van der Waals surface area contributed by atoms with Gasteiger partial charge in [-0.3, -0.25) is 4.79 Å². The number of esters is 1. The lowest BCUT2D eigenvalue weighted by Gasteiger charge is -2.22. The Labute approximate surface area is 139 Å². The van der Waals surface area contributed by atoms with E-state index in [4.69, 9.17) is 4.74 Å². The lowest BCUT2D eigenvalue weighted by molar-refractivity contribution is -0.148. The maximum atomic E-state index is 12.2. The van der Waals surface area contributed by atoms with Gasteiger partial charge in [-0.2, -0.15) is 0 Å². The number of allylic oxidation sites excluding steroid dienone is 1. The van der Waals surface area contributed by atoms with Gasteiger partial charge in [0.05, 0.1) is 16.3 Å². The molecule has 0 saturated carbocycles. The summed E-state index contributed by atoms with van der Waals surface area (Å²) in [4.78, 5) is 29.7. The molecule has 0 spiro atoms. The highest BCUT2D eigenvalue weighted by Crippen LogP contribution is 2.28. The third-order valence-corrected chi connectivity index (χ3v) is 4.68. The first kappa shape index (κ1) is 17.1. The number of hydrogen-bond acceptors (Lipinski definition) is 5. The molecule has 0 unspecified atom stereocenters. The summed E-state index contributed by atoms with van der Waals surface area (Å²) in [5.41, 5.74) is 0.927. The Kier molecular flexibility index (Phi) is 5.87. The van der Waals surface area contributed by atoms with Crippen LogP contribution < -0.4 is 0 Å². The van der Waals surface area contributed by atoms with Gasteiger partial charge in [0.2, 0.25) is 0 Å². The summed E-state index contributed by atoms with van der Waals surface area (Å²) in [6, 6.07) is 7.69. The normalized spacial score (nSPS) is 12.5. The van der Waals surface area contributed by atoms with Crippen LogP contribution in [0.1, 0.15) is 31.3 Å². The maximum absolute atomic E-state index is 12.2. The van der Waals surface area contributed by atoms with Crippen molar-refractivity contribution in [3.63, 3.8) is 0 Å². The first-order chi connectivity index (χ1) is 11.0. The number of para-hydroxylation sites is 1. The summed E-state index contributed by atoms with van der Waals surface area (Å²) >= 11 is 1.56. The summed E-state index contributed by atoms with van der Waals surface area (Å²) in [6.45, 7) is 3.56. The minimum Gasteiger partial charge on any atom is -0.452 e. The van der Waals surface area contributed by atoms with Crippen molar-refractivity contribution in [1.82, 2.24) is 9.88 Å². The number of ether oxygens (including phenoxy) is 1. The Hall–Kier alpha value is -2.21. The molecule has 23 heavy (non-hydrogen) atoms. The fraction of sp³-hybridized carbons (Fsp3) is 0.353. The van der Waals surface area contributed by atoms with Gasteiger partial charge >= 0.3 is 5.97 Å². The molecule has 0 aliphatic heterocycles. The van der Waals surface area contributed by atoms with Crippen molar-refractivity contribution in [2.45, 2.75) is 26.3 Å². The molecule has 0 saturated heterocycles. The molecule has 1 heterocycles. The molecule has 0 bridgehead atoms. The van der Waals surface area contributed by atoms with E-state index >= 15 is 0 Å². The Morgan fingerprint density at radius 2 is 2.13 bits per heavy atom. The topological polar surface area (TPSA) is 59.5 Å². The fourth-order valence-electron chi connectivity index (χ4n) is 1.95. The van der Waals surface area contributed by atoms with Crippen LogP contribution in [0.4, 0.5) is 0 Å². The second kappa shape index (κ2) is 7.87. The monoisotopic (exact) mass is 332 g/mol. The largest absolute Gasteiger partial charge is 0.452 e.